The number of nitrogens with one attached hydrogen (secondary N) is 1. The Morgan fingerprint density at radius 2 is 1.97 bits per heavy atom. The first-order chi connectivity index (χ1) is 14.9. The first kappa shape index (κ1) is 23.2. The Balaban J connectivity index is 1.80. The minimum absolute atomic E-state index is 0.0620. The third kappa shape index (κ3) is 6.04. The molecule has 8 heteroatoms. The number of halogens is 1. The van der Waals surface area contributed by atoms with Gasteiger partial charge in [0.1, 0.15) is 5.75 Å². The number of rotatable bonds is 8. The molecule has 164 valence electrons. The number of thioether (sulfide) groups is 1. The molecule has 0 aromatic heterocycles. The van der Waals surface area contributed by atoms with Gasteiger partial charge >= 0.3 is 0 Å². The summed E-state index contributed by atoms with van der Waals surface area (Å²) < 4.78 is 17.7. The van der Waals surface area contributed by atoms with Gasteiger partial charge in [0, 0.05) is 0 Å². The fourth-order valence-corrected chi connectivity index (χ4v) is 4.15. The molecule has 1 fully saturated rings. The van der Waals surface area contributed by atoms with Crippen LogP contribution in [0, 0.1) is 0 Å². The van der Waals surface area contributed by atoms with E-state index in [1.807, 2.05) is 50.2 Å². The van der Waals surface area contributed by atoms with Crippen molar-refractivity contribution in [3.63, 3.8) is 0 Å². The molecular weight excluding hydrogens is 480 g/mol. The van der Waals surface area contributed by atoms with Crippen LogP contribution in [0.5, 0.6) is 17.2 Å². The van der Waals surface area contributed by atoms with Gasteiger partial charge in [0.05, 0.1) is 34.9 Å². The van der Waals surface area contributed by atoms with E-state index in [9.17, 15) is 4.79 Å². The van der Waals surface area contributed by atoms with Gasteiger partial charge in [-0.3, -0.25) is 4.79 Å². The first-order valence-corrected chi connectivity index (χ1v) is 11.6. The molecule has 1 aliphatic rings. The minimum atomic E-state index is -0.190. The first-order valence-electron chi connectivity index (χ1n) is 10.00. The van der Waals surface area contributed by atoms with E-state index in [1.54, 1.807) is 13.2 Å². The maximum atomic E-state index is 12.4. The number of hydrogen-bond donors (Lipinski definition) is 1. The highest BCUT2D eigenvalue weighted by Crippen LogP contribution is 2.39. The molecule has 3 rings (SSSR count). The molecule has 1 N–H and O–H groups in total. The van der Waals surface area contributed by atoms with Crippen LogP contribution in [0.25, 0.3) is 6.08 Å². The van der Waals surface area contributed by atoms with Crippen molar-refractivity contribution in [2.24, 2.45) is 4.99 Å². The van der Waals surface area contributed by atoms with Gasteiger partial charge in [-0.1, -0.05) is 6.92 Å². The third-order valence-corrected chi connectivity index (χ3v) is 5.97. The van der Waals surface area contributed by atoms with Gasteiger partial charge in [0.25, 0.3) is 5.91 Å². The zero-order chi connectivity index (χ0) is 22.4. The highest BCUT2D eigenvalue weighted by molar-refractivity contribution is 9.10. The van der Waals surface area contributed by atoms with Crippen molar-refractivity contribution in [2.45, 2.75) is 33.3 Å². The van der Waals surface area contributed by atoms with Crippen LogP contribution in [-0.2, 0) is 4.79 Å². The van der Waals surface area contributed by atoms with Crippen LogP contribution in [-0.4, -0.2) is 30.9 Å². The summed E-state index contributed by atoms with van der Waals surface area (Å²) in [4.78, 5) is 17.5. The number of amides is 1. The Labute approximate surface area is 195 Å². The number of carbonyl (C=O) groups excluding carboxylic acids is 1. The van der Waals surface area contributed by atoms with Crippen LogP contribution in [0.4, 0.5) is 5.69 Å². The number of aliphatic imine (C=N–C) groups is 1. The number of methoxy groups -OCH3 is 1. The quantitative estimate of drug-likeness (QED) is 0.451. The molecule has 0 bridgehead atoms. The molecule has 0 unspecified atom stereocenters. The number of carbonyl (C=O) groups is 1. The lowest BCUT2D eigenvalue weighted by molar-refractivity contribution is -0.115. The van der Waals surface area contributed by atoms with Crippen LogP contribution in [0.2, 0.25) is 0 Å². The van der Waals surface area contributed by atoms with Crippen molar-refractivity contribution in [3.05, 3.63) is 51.3 Å². The van der Waals surface area contributed by atoms with E-state index in [2.05, 4.69) is 33.2 Å². The fraction of sp³-hybridized carbons (Fsp3) is 0.304. The van der Waals surface area contributed by atoms with Crippen LogP contribution < -0.4 is 19.5 Å². The summed E-state index contributed by atoms with van der Waals surface area (Å²) in [6.45, 7) is 6.62. The molecular formula is C23H25BrN2O4S. The average molecular weight is 505 g/mol. The molecule has 6 nitrogen and oxygen atoms in total. The van der Waals surface area contributed by atoms with E-state index in [0.29, 0.717) is 28.2 Å². The summed E-state index contributed by atoms with van der Waals surface area (Å²) >= 11 is 4.85. The summed E-state index contributed by atoms with van der Waals surface area (Å²) in [7, 11) is 1.60. The lowest BCUT2D eigenvalue weighted by Gasteiger charge is -2.17. The zero-order valence-corrected chi connectivity index (χ0v) is 20.3. The Kier molecular flexibility index (Phi) is 8.03. The van der Waals surface area contributed by atoms with Crippen LogP contribution >= 0.6 is 27.7 Å². The lowest BCUT2D eigenvalue weighted by atomic mass is 10.1. The Morgan fingerprint density at radius 1 is 1.23 bits per heavy atom. The van der Waals surface area contributed by atoms with Gasteiger partial charge in [0.15, 0.2) is 16.7 Å². The summed E-state index contributed by atoms with van der Waals surface area (Å²) in [5.41, 5.74) is 1.56. The highest BCUT2D eigenvalue weighted by Gasteiger charge is 2.24. The summed E-state index contributed by atoms with van der Waals surface area (Å²) in [6.07, 6.45) is 2.75. The zero-order valence-electron chi connectivity index (χ0n) is 17.9. The summed E-state index contributed by atoms with van der Waals surface area (Å²) in [5, 5.41) is 3.34. The third-order valence-electron chi connectivity index (χ3n) is 4.47. The SMILES string of the molecule is CCOc1ccc(N=C2NC(=O)/C(=C\c3cc(Br)c(O[C@H](C)CC)c(OC)c3)S2)cc1. The normalized spacial score (nSPS) is 17.0. The molecule has 0 saturated carbocycles. The predicted molar refractivity (Wildman–Crippen MR) is 129 cm³/mol. The molecule has 1 amide bonds. The Morgan fingerprint density at radius 3 is 2.61 bits per heavy atom. The number of ether oxygens (including phenoxy) is 3. The van der Waals surface area contributed by atoms with Crippen molar-refractivity contribution in [1.82, 2.24) is 5.32 Å². The monoisotopic (exact) mass is 504 g/mol. The second-order valence-corrected chi connectivity index (χ2v) is 8.66. The maximum Gasteiger partial charge on any atom is 0.264 e. The number of nitrogens with zero attached hydrogens (tertiary/aromatic N) is 1. The topological polar surface area (TPSA) is 69.2 Å². The standard InChI is InChI=1S/C23H25BrN2O4S/c1-5-14(3)30-21-18(24)11-15(12-19(21)28-4)13-20-22(27)26-23(31-20)25-16-7-9-17(10-8-16)29-6-2/h7-14H,5-6H2,1-4H3,(H,25,26,27)/b20-13+/t14-/m1/s1. The van der Waals surface area contributed by atoms with Gasteiger partial charge in [-0.25, -0.2) is 4.99 Å². The molecule has 0 spiro atoms. The smallest absolute Gasteiger partial charge is 0.264 e. The van der Waals surface area contributed by atoms with Crippen molar-refractivity contribution in [1.29, 1.82) is 0 Å². The van der Waals surface area contributed by atoms with Gasteiger partial charge < -0.3 is 19.5 Å². The second kappa shape index (κ2) is 10.7. The van der Waals surface area contributed by atoms with Gasteiger partial charge in [0.2, 0.25) is 0 Å². The molecule has 1 heterocycles. The van der Waals surface area contributed by atoms with Crippen molar-refractivity contribution in [2.75, 3.05) is 13.7 Å². The summed E-state index contributed by atoms with van der Waals surface area (Å²) in [5.74, 6) is 1.86. The van der Waals surface area contributed by atoms with E-state index >= 15 is 0 Å². The van der Waals surface area contributed by atoms with Gasteiger partial charge in [-0.15, -0.1) is 0 Å². The van der Waals surface area contributed by atoms with Crippen LogP contribution in [0.15, 0.2) is 50.8 Å². The van der Waals surface area contributed by atoms with E-state index in [0.717, 1.165) is 27.9 Å². The Bertz CT molecular complexity index is 1010. The molecule has 31 heavy (non-hydrogen) atoms. The van der Waals surface area contributed by atoms with Crippen LogP contribution in [0.3, 0.4) is 0 Å². The molecule has 2 aromatic carbocycles. The fourth-order valence-electron chi connectivity index (χ4n) is 2.75. The lowest BCUT2D eigenvalue weighted by Crippen LogP contribution is -2.19. The molecule has 2 aromatic rings. The molecule has 1 atom stereocenters. The minimum Gasteiger partial charge on any atom is -0.494 e. The van der Waals surface area contributed by atoms with Crippen molar-refractivity contribution < 1.29 is 19.0 Å². The molecule has 0 radical (unpaired) electrons. The second-order valence-electron chi connectivity index (χ2n) is 6.78. The van der Waals surface area contributed by atoms with E-state index in [4.69, 9.17) is 14.2 Å². The average Bonchev–Trinajstić information content (AvgIpc) is 3.09. The predicted octanol–water partition coefficient (Wildman–Crippen LogP) is 5.93. The summed E-state index contributed by atoms with van der Waals surface area (Å²) in [6, 6.07) is 11.2. The highest BCUT2D eigenvalue weighted by atomic mass is 79.9. The largest absolute Gasteiger partial charge is 0.494 e. The van der Waals surface area contributed by atoms with E-state index < -0.39 is 0 Å². The van der Waals surface area contributed by atoms with Gasteiger partial charge in [-0.2, -0.15) is 0 Å². The van der Waals surface area contributed by atoms with Gasteiger partial charge in [-0.05, 0) is 96.0 Å². The number of benzene rings is 2. The number of hydrogen-bond acceptors (Lipinski definition) is 6. The maximum absolute atomic E-state index is 12.4. The number of amidine groups is 1. The molecule has 0 aliphatic carbocycles. The van der Waals surface area contributed by atoms with E-state index in [1.165, 1.54) is 11.8 Å². The molecule has 1 saturated heterocycles. The Hall–Kier alpha value is -2.45. The van der Waals surface area contributed by atoms with Crippen molar-refractivity contribution in [3.8, 4) is 17.2 Å². The van der Waals surface area contributed by atoms with Crippen molar-refractivity contribution >= 4 is 50.5 Å². The van der Waals surface area contributed by atoms with Crippen LogP contribution in [0.1, 0.15) is 32.8 Å². The van der Waals surface area contributed by atoms with E-state index in [-0.39, 0.29) is 12.0 Å². The molecule has 1 aliphatic heterocycles.